The van der Waals surface area contributed by atoms with Gasteiger partial charge in [0, 0.05) is 12.3 Å². The molecule has 1 nitrogen and oxygen atoms in total. The van der Waals surface area contributed by atoms with E-state index in [-0.39, 0.29) is 0 Å². The summed E-state index contributed by atoms with van der Waals surface area (Å²) in [6, 6.07) is 0. The third-order valence-electron chi connectivity index (χ3n) is 4.14. The Morgan fingerprint density at radius 1 is 1.27 bits per heavy atom. The van der Waals surface area contributed by atoms with E-state index in [9.17, 15) is 4.79 Å². The van der Waals surface area contributed by atoms with Crippen LogP contribution in [0.1, 0.15) is 51.9 Å². The van der Waals surface area contributed by atoms with Crippen LogP contribution < -0.4 is 0 Å². The predicted octanol–water partition coefficient (Wildman–Crippen LogP) is 3.74. The second-order valence-electron chi connectivity index (χ2n) is 5.34. The molecule has 1 heteroatoms. The van der Waals surface area contributed by atoms with Crippen molar-refractivity contribution in [3.63, 3.8) is 0 Å². The molecule has 0 bridgehead atoms. The zero-order valence-electron chi connectivity index (χ0n) is 9.74. The Balaban J connectivity index is 1.83. The molecule has 0 heterocycles. The quantitative estimate of drug-likeness (QED) is 0.643. The normalized spacial score (nSPS) is 35.7. The van der Waals surface area contributed by atoms with E-state index >= 15 is 0 Å². The van der Waals surface area contributed by atoms with Gasteiger partial charge in [0.05, 0.1) is 0 Å². The third kappa shape index (κ3) is 2.70. The van der Waals surface area contributed by atoms with Crippen LogP contribution in [0.15, 0.2) is 12.2 Å². The molecule has 2 aliphatic rings. The molecule has 0 aromatic carbocycles. The number of Topliss-reactive ketones (excluding diaryl/α,β-unsaturated/α-hetero) is 1. The van der Waals surface area contributed by atoms with Gasteiger partial charge in [-0.05, 0) is 43.9 Å². The fourth-order valence-electron chi connectivity index (χ4n) is 3.10. The minimum Gasteiger partial charge on any atom is -0.299 e. The Hall–Kier alpha value is -0.590. The van der Waals surface area contributed by atoms with Gasteiger partial charge in [-0.1, -0.05) is 25.5 Å². The highest BCUT2D eigenvalue weighted by Crippen LogP contribution is 2.34. The molecule has 0 spiro atoms. The summed E-state index contributed by atoms with van der Waals surface area (Å²) in [6.07, 6.45) is 12.6. The molecule has 15 heavy (non-hydrogen) atoms. The smallest absolute Gasteiger partial charge is 0.136 e. The molecule has 0 radical (unpaired) electrons. The molecule has 1 saturated carbocycles. The minimum atomic E-state index is 0.399. The van der Waals surface area contributed by atoms with Crippen molar-refractivity contribution >= 4 is 5.78 Å². The molecule has 2 aliphatic carbocycles. The molecular weight excluding hydrogens is 184 g/mol. The number of allylic oxidation sites excluding steroid dienone is 2. The SMILES string of the molecule is CC1CCCC1C(=O)CC1CC=CCC1. The van der Waals surface area contributed by atoms with Crippen molar-refractivity contribution in [3.05, 3.63) is 12.2 Å². The summed E-state index contributed by atoms with van der Waals surface area (Å²) in [5.74, 6) is 2.25. The summed E-state index contributed by atoms with van der Waals surface area (Å²) < 4.78 is 0. The van der Waals surface area contributed by atoms with Crippen LogP contribution in [0.2, 0.25) is 0 Å². The van der Waals surface area contributed by atoms with Gasteiger partial charge in [-0.3, -0.25) is 4.79 Å². The topological polar surface area (TPSA) is 17.1 Å². The van der Waals surface area contributed by atoms with Gasteiger partial charge < -0.3 is 0 Å². The second kappa shape index (κ2) is 4.96. The summed E-state index contributed by atoms with van der Waals surface area (Å²) in [6.45, 7) is 2.25. The number of rotatable bonds is 3. The number of carbonyl (C=O) groups excluding carboxylic acids is 1. The van der Waals surface area contributed by atoms with Gasteiger partial charge in [-0.2, -0.15) is 0 Å². The summed E-state index contributed by atoms with van der Waals surface area (Å²) in [5, 5.41) is 0. The van der Waals surface area contributed by atoms with E-state index in [0.717, 1.165) is 19.3 Å². The van der Waals surface area contributed by atoms with Crippen LogP contribution in [-0.2, 0) is 4.79 Å². The van der Waals surface area contributed by atoms with Crippen molar-refractivity contribution in [2.75, 3.05) is 0 Å². The predicted molar refractivity (Wildman–Crippen MR) is 62.6 cm³/mol. The van der Waals surface area contributed by atoms with E-state index in [2.05, 4.69) is 19.1 Å². The van der Waals surface area contributed by atoms with Gasteiger partial charge in [0.2, 0.25) is 0 Å². The van der Waals surface area contributed by atoms with E-state index < -0.39 is 0 Å². The van der Waals surface area contributed by atoms with E-state index in [1.165, 1.54) is 25.7 Å². The molecule has 0 N–H and O–H groups in total. The Morgan fingerprint density at radius 3 is 2.73 bits per heavy atom. The van der Waals surface area contributed by atoms with Gasteiger partial charge >= 0.3 is 0 Å². The Labute approximate surface area is 92.9 Å². The van der Waals surface area contributed by atoms with Crippen molar-refractivity contribution in [1.29, 1.82) is 0 Å². The Bertz CT molecular complexity index is 254. The van der Waals surface area contributed by atoms with Crippen LogP contribution in [-0.4, -0.2) is 5.78 Å². The van der Waals surface area contributed by atoms with E-state index in [4.69, 9.17) is 0 Å². The van der Waals surface area contributed by atoms with Crippen LogP contribution in [0, 0.1) is 17.8 Å². The minimum absolute atomic E-state index is 0.399. The highest BCUT2D eigenvalue weighted by Gasteiger charge is 2.30. The number of ketones is 1. The number of hydrogen-bond acceptors (Lipinski definition) is 1. The lowest BCUT2D eigenvalue weighted by Gasteiger charge is -2.20. The van der Waals surface area contributed by atoms with E-state index in [0.29, 0.717) is 23.5 Å². The molecule has 3 unspecified atom stereocenters. The first-order valence-electron chi connectivity index (χ1n) is 6.45. The fourth-order valence-corrected chi connectivity index (χ4v) is 3.10. The maximum atomic E-state index is 12.1. The first-order valence-corrected chi connectivity index (χ1v) is 6.45. The molecule has 0 saturated heterocycles. The van der Waals surface area contributed by atoms with Crippen LogP contribution in [0.5, 0.6) is 0 Å². The molecular formula is C14H22O. The van der Waals surface area contributed by atoms with Gasteiger partial charge in [0.1, 0.15) is 5.78 Å². The van der Waals surface area contributed by atoms with Gasteiger partial charge in [-0.25, -0.2) is 0 Å². The summed E-state index contributed by atoms with van der Waals surface area (Å²) >= 11 is 0. The van der Waals surface area contributed by atoms with Crippen molar-refractivity contribution in [3.8, 4) is 0 Å². The average molecular weight is 206 g/mol. The Morgan fingerprint density at radius 2 is 2.13 bits per heavy atom. The van der Waals surface area contributed by atoms with Gasteiger partial charge in [-0.15, -0.1) is 0 Å². The average Bonchev–Trinajstić information content (AvgIpc) is 2.66. The van der Waals surface area contributed by atoms with Crippen LogP contribution in [0.3, 0.4) is 0 Å². The Kier molecular flexibility index (Phi) is 3.61. The van der Waals surface area contributed by atoms with Crippen LogP contribution >= 0.6 is 0 Å². The summed E-state index contributed by atoms with van der Waals surface area (Å²) in [7, 11) is 0. The van der Waals surface area contributed by atoms with Crippen molar-refractivity contribution < 1.29 is 4.79 Å². The highest BCUT2D eigenvalue weighted by atomic mass is 16.1. The molecule has 1 fully saturated rings. The van der Waals surface area contributed by atoms with Crippen molar-refractivity contribution in [1.82, 2.24) is 0 Å². The van der Waals surface area contributed by atoms with Gasteiger partial charge in [0.15, 0.2) is 0 Å². The standard InChI is InChI=1S/C14H22O/c1-11-6-5-9-13(11)14(15)10-12-7-3-2-4-8-12/h2-3,11-13H,4-10H2,1H3. The number of hydrogen-bond donors (Lipinski definition) is 0. The number of carbonyl (C=O) groups is 1. The molecule has 0 aromatic rings. The monoisotopic (exact) mass is 206 g/mol. The molecule has 0 amide bonds. The van der Waals surface area contributed by atoms with E-state index in [1.807, 2.05) is 0 Å². The van der Waals surface area contributed by atoms with Crippen LogP contribution in [0.25, 0.3) is 0 Å². The first kappa shape index (κ1) is 10.9. The molecule has 3 atom stereocenters. The summed E-state index contributed by atoms with van der Waals surface area (Å²) in [5.41, 5.74) is 0. The lowest BCUT2D eigenvalue weighted by molar-refractivity contribution is -0.124. The summed E-state index contributed by atoms with van der Waals surface area (Å²) in [4.78, 5) is 12.1. The maximum Gasteiger partial charge on any atom is 0.136 e. The van der Waals surface area contributed by atoms with Crippen molar-refractivity contribution in [2.45, 2.75) is 51.9 Å². The molecule has 84 valence electrons. The van der Waals surface area contributed by atoms with Gasteiger partial charge in [0.25, 0.3) is 0 Å². The second-order valence-corrected chi connectivity index (χ2v) is 5.34. The molecule has 2 rings (SSSR count). The first-order chi connectivity index (χ1) is 7.27. The van der Waals surface area contributed by atoms with Crippen LogP contribution in [0.4, 0.5) is 0 Å². The lowest BCUT2D eigenvalue weighted by atomic mass is 9.84. The maximum absolute atomic E-state index is 12.1. The molecule has 0 aliphatic heterocycles. The zero-order valence-corrected chi connectivity index (χ0v) is 9.74. The van der Waals surface area contributed by atoms with E-state index in [1.54, 1.807) is 0 Å². The highest BCUT2D eigenvalue weighted by molar-refractivity contribution is 5.81. The van der Waals surface area contributed by atoms with Crippen molar-refractivity contribution in [2.24, 2.45) is 17.8 Å². The largest absolute Gasteiger partial charge is 0.299 e. The zero-order chi connectivity index (χ0) is 10.7. The lowest BCUT2D eigenvalue weighted by Crippen LogP contribution is -2.20. The molecule has 0 aromatic heterocycles. The fraction of sp³-hybridized carbons (Fsp3) is 0.786. The third-order valence-corrected chi connectivity index (χ3v) is 4.14.